The molecular formula is C6H9N. The average Bonchev–Trinajstić information content (AvgIpc) is 2.04. The lowest BCUT2D eigenvalue weighted by Gasteiger charge is -2.16. The van der Waals surface area contributed by atoms with Crippen molar-refractivity contribution < 1.29 is 0 Å². The minimum absolute atomic E-state index is 0.755. The summed E-state index contributed by atoms with van der Waals surface area (Å²) in [6, 6.07) is 1.01. The predicted molar refractivity (Wildman–Crippen MR) is 27.0 cm³/mol. The fourth-order valence-corrected chi connectivity index (χ4v) is 2.49. The molecule has 1 heterocycles. The highest BCUT2D eigenvalue weighted by Crippen LogP contribution is 2.61. The van der Waals surface area contributed by atoms with E-state index in [1.165, 1.54) is 19.3 Å². The minimum atomic E-state index is 0.755. The Morgan fingerprint density at radius 1 is 1.57 bits per heavy atom. The van der Waals surface area contributed by atoms with Crippen molar-refractivity contribution in [3.8, 4) is 0 Å². The molecule has 0 amide bonds. The first-order valence-corrected chi connectivity index (χ1v) is 3.18. The Bertz CT molecular complexity index is 126. The molecule has 38 valence electrons. The van der Waals surface area contributed by atoms with E-state index in [-0.39, 0.29) is 0 Å². The van der Waals surface area contributed by atoms with E-state index >= 15 is 0 Å². The van der Waals surface area contributed by atoms with E-state index in [1.54, 1.807) is 0 Å². The molecule has 0 aromatic rings. The van der Waals surface area contributed by atoms with Crippen LogP contribution in [0.5, 0.6) is 0 Å². The number of fused-ring (bicyclic) bond motifs is 1. The van der Waals surface area contributed by atoms with Gasteiger partial charge in [0.05, 0.1) is 0 Å². The van der Waals surface area contributed by atoms with Crippen molar-refractivity contribution in [3.63, 3.8) is 0 Å². The molecule has 7 heavy (non-hydrogen) atoms. The first kappa shape index (κ1) is 3.08. The van der Waals surface area contributed by atoms with Gasteiger partial charge >= 0.3 is 0 Å². The third kappa shape index (κ3) is 0.163. The second-order valence-corrected chi connectivity index (χ2v) is 3.28. The summed E-state index contributed by atoms with van der Waals surface area (Å²) in [6.45, 7) is 0. The fraction of sp³-hybridized carbons (Fsp3) is 1.00. The molecule has 1 spiro atoms. The second-order valence-electron chi connectivity index (χ2n) is 3.28. The molecule has 1 aliphatic heterocycles. The van der Waals surface area contributed by atoms with Crippen LogP contribution >= 0.6 is 0 Å². The van der Waals surface area contributed by atoms with Gasteiger partial charge in [-0.1, -0.05) is 0 Å². The standard InChI is InChI=1S/C6H9N/c1-2-6-3-4(1)5(6)7-6/h4-5,7H,1-3H2/t4-,5?,6?/m0/s1. The molecule has 3 saturated carbocycles. The van der Waals surface area contributed by atoms with Crippen LogP contribution in [0, 0.1) is 5.92 Å². The first-order valence-electron chi connectivity index (χ1n) is 3.18. The summed E-state index contributed by atoms with van der Waals surface area (Å²) < 4.78 is 0. The molecule has 3 aliphatic carbocycles. The first-order chi connectivity index (χ1) is 3.41. The van der Waals surface area contributed by atoms with Gasteiger partial charge < -0.3 is 5.32 Å². The zero-order chi connectivity index (χ0) is 4.48. The van der Waals surface area contributed by atoms with Crippen LogP contribution in [0.15, 0.2) is 0 Å². The maximum absolute atomic E-state index is 3.52. The van der Waals surface area contributed by atoms with Crippen LogP contribution in [0.4, 0.5) is 0 Å². The topological polar surface area (TPSA) is 21.9 Å². The fourth-order valence-electron chi connectivity index (χ4n) is 2.49. The number of piperidine rings is 1. The van der Waals surface area contributed by atoms with E-state index in [0.717, 1.165) is 17.5 Å². The van der Waals surface area contributed by atoms with Crippen LogP contribution in [0.2, 0.25) is 0 Å². The van der Waals surface area contributed by atoms with Crippen LogP contribution in [-0.4, -0.2) is 11.6 Å². The maximum atomic E-state index is 3.52. The lowest BCUT2D eigenvalue weighted by Crippen LogP contribution is -2.24. The molecule has 4 aliphatic rings. The summed E-state index contributed by atoms with van der Waals surface area (Å²) in [6.07, 6.45) is 4.53. The zero-order valence-electron chi connectivity index (χ0n) is 4.28. The van der Waals surface area contributed by atoms with Crippen molar-refractivity contribution >= 4 is 0 Å². The molecule has 3 atom stereocenters. The highest BCUT2D eigenvalue weighted by Gasteiger charge is 2.70. The highest BCUT2D eigenvalue weighted by atomic mass is 15.3. The molecule has 1 nitrogen and oxygen atoms in total. The quantitative estimate of drug-likeness (QED) is 0.435. The van der Waals surface area contributed by atoms with Crippen molar-refractivity contribution in [1.29, 1.82) is 0 Å². The van der Waals surface area contributed by atoms with Gasteiger partial charge in [-0.3, -0.25) is 0 Å². The maximum Gasteiger partial charge on any atom is 0.0344 e. The smallest absolute Gasteiger partial charge is 0.0344 e. The Hall–Kier alpha value is -0.0400. The Balaban J connectivity index is 2.16. The molecule has 1 N–H and O–H groups in total. The van der Waals surface area contributed by atoms with Gasteiger partial charge in [-0.15, -0.1) is 0 Å². The van der Waals surface area contributed by atoms with E-state index in [1.807, 2.05) is 0 Å². The molecule has 4 fully saturated rings. The normalized spacial score (nSPS) is 72.0. The lowest BCUT2D eigenvalue weighted by molar-refractivity contribution is 0.418. The largest absolute Gasteiger partial charge is 0.305 e. The van der Waals surface area contributed by atoms with Gasteiger partial charge in [0.1, 0.15) is 0 Å². The van der Waals surface area contributed by atoms with Gasteiger partial charge in [-0.2, -0.15) is 0 Å². The molecular weight excluding hydrogens is 86.1 g/mol. The van der Waals surface area contributed by atoms with Crippen molar-refractivity contribution in [1.82, 2.24) is 5.32 Å². The van der Waals surface area contributed by atoms with E-state index in [2.05, 4.69) is 5.32 Å². The summed E-state index contributed by atoms with van der Waals surface area (Å²) in [5.74, 6) is 1.11. The molecule has 0 aromatic heterocycles. The van der Waals surface area contributed by atoms with Crippen LogP contribution in [0.3, 0.4) is 0 Å². The average molecular weight is 95.1 g/mol. The van der Waals surface area contributed by atoms with Crippen LogP contribution in [0.25, 0.3) is 0 Å². The molecule has 0 radical (unpaired) electrons. The van der Waals surface area contributed by atoms with Gasteiger partial charge in [0.25, 0.3) is 0 Å². The van der Waals surface area contributed by atoms with Crippen LogP contribution in [-0.2, 0) is 0 Å². The summed E-state index contributed by atoms with van der Waals surface area (Å²) in [7, 11) is 0. The summed E-state index contributed by atoms with van der Waals surface area (Å²) in [5.41, 5.74) is 0.755. The van der Waals surface area contributed by atoms with Crippen LogP contribution < -0.4 is 5.32 Å². The van der Waals surface area contributed by atoms with E-state index in [0.29, 0.717) is 0 Å². The van der Waals surface area contributed by atoms with Crippen molar-refractivity contribution in [2.45, 2.75) is 30.8 Å². The second kappa shape index (κ2) is 0.576. The summed E-state index contributed by atoms with van der Waals surface area (Å²) >= 11 is 0. The van der Waals surface area contributed by atoms with Gasteiger partial charge in [0.2, 0.25) is 0 Å². The van der Waals surface area contributed by atoms with Crippen molar-refractivity contribution in [2.24, 2.45) is 5.92 Å². The van der Waals surface area contributed by atoms with E-state index in [4.69, 9.17) is 0 Å². The third-order valence-electron chi connectivity index (χ3n) is 3.01. The Morgan fingerprint density at radius 2 is 2.57 bits per heavy atom. The molecule has 2 bridgehead atoms. The minimum Gasteiger partial charge on any atom is -0.305 e. The van der Waals surface area contributed by atoms with Crippen molar-refractivity contribution in [3.05, 3.63) is 0 Å². The van der Waals surface area contributed by atoms with E-state index in [9.17, 15) is 0 Å². The molecule has 1 saturated heterocycles. The Morgan fingerprint density at radius 3 is 2.71 bits per heavy atom. The zero-order valence-corrected chi connectivity index (χ0v) is 4.28. The molecule has 0 aromatic carbocycles. The Kier molecular flexibility index (Phi) is 0.253. The highest BCUT2D eigenvalue weighted by molar-refractivity contribution is 5.31. The SMILES string of the molecule is C1CC23C[C@H]1C2N3. The van der Waals surface area contributed by atoms with Crippen LogP contribution in [0.1, 0.15) is 19.3 Å². The number of nitrogens with one attached hydrogen (secondary N) is 1. The molecule has 2 unspecified atom stereocenters. The molecule has 1 heteroatoms. The summed E-state index contributed by atoms with van der Waals surface area (Å²) in [4.78, 5) is 0. The third-order valence-corrected chi connectivity index (χ3v) is 3.01. The number of hydrogen-bond donors (Lipinski definition) is 1. The van der Waals surface area contributed by atoms with Gasteiger partial charge in [0, 0.05) is 11.6 Å². The number of rotatable bonds is 0. The van der Waals surface area contributed by atoms with Crippen molar-refractivity contribution in [2.75, 3.05) is 0 Å². The van der Waals surface area contributed by atoms with Gasteiger partial charge in [-0.25, -0.2) is 0 Å². The predicted octanol–water partition coefficient (Wildman–Crippen LogP) is 0.511. The van der Waals surface area contributed by atoms with E-state index < -0.39 is 0 Å². The van der Waals surface area contributed by atoms with Gasteiger partial charge in [0.15, 0.2) is 0 Å². The lowest BCUT2D eigenvalue weighted by atomic mass is 9.85. The Labute approximate surface area is 43.1 Å². The summed E-state index contributed by atoms with van der Waals surface area (Å²) in [5, 5.41) is 3.52. The monoisotopic (exact) mass is 95.1 g/mol. The number of hydrogen-bond acceptors (Lipinski definition) is 1. The van der Waals surface area contributed by atoms with Gasteiger partial charge in [-0.05, 0) is 25.2 Å². The molecule has 4 rings (SSSR count).